The third kappa shape index (κ3) is 6.03. The number of ether oxygens (including phenoxy) is 1. The number of benzene rings is 1. The lowest BCUT2D eigenvalue weighted by Gasteiger charge is -2.49. The molecule has 1 fully saturated rings. The van der Waals surface area contributed by atoms with Gasteiger partial charge in [0.1, 0.15) is 11.5 Å². The number of aliphatic hydroxyl groups is 1. The SMILES string of the molecule is C[C@@H](C(=O)Nc1cnc(Oc2ccc(F)cc2F)cn1)N1CCN(C(=O)[C@H]2CCn3nnc(CO)c3C2)C(C)(C)C1. The average Bonchev–Trinajstić information content (AvgIpc) is 3.36. The highest BCUT2D eigenvalue weighted by Crippen LogP contribution is 2.30. The quantitative estimate of drug-likeness (QED) is 0.438. The molecule has 5 rings (SSSR count). The van der Waals surface area contributed by atoms with Crippen LogP contribution in [-0.4, -0.2) is 82.9 Å². The highest BCUT2D eigenvalue weighted by Gasteiger charge is 2.42. The smallest absolute Gasteiger partial charge is 0.242 e. The van der Waals surface area contributed by atoms with Crippen LogP contribution in [0.5, 0.6) is 11.6 Å². The maximum absolute atomic E-state index is 13.8. The van der Waals surface area contributed by atoms with Gasteiger partial charge in [-0.3, -0.25) is 14.5 Å². The third-order valence-corrected chi connectivity index (χ3v) is 7.66. The zero-order chi connectivity index (χ0) is 29.3. The number of carbonyl (C=O) groups excluding carboxylic acids is 2. The summed E-state index contributed by atoms with van der Waals surface area (Å²) in [5, 5.41) is 20.4. The molecule has 12 nitrogen and oxygen atoms in total. The van der Waals surface area contributed by atoms with Gasteiger partial charge in [-0.2, -0.15) is 0 Å². The number of rotatable bonds is 7. The monoisotopic (exact) mass is 570 g/mol. The average molecular weight is 571 g/mol. The first-order chi connectivity index (χ1) is 19.6. The molecule has 0 unspecified atom stereocenters. The molecule has 41 heavy (non-hydrogen) atoms. The van der Waals surface area contributed by atoms with Gasteiger partial charge >= 0.3 is 0 Å². The molecule has 2 N–H and O–H groups in total. The van der Waals surface area contributed by atoms with Gasteiger partial charge < -0.3 is 20.1 Å². The van der Waals surface area contributed by atoms with E-state index in [2.05, 4.69) is 25.6 Å². The summed E-state index contributed by atoms with van der Waals surface area (Å²) in [6.07, 6.45) is 3.66. The maximum Gasteiger partial charge on any atom is 0.242 e. The highest BCUT2D eigenvalue weighted by atomic mass is 19.1. The van der Waals surface area contributed by atoms with Gasteiger partial charge in [-0.25, -0.2) is 23.4 Å². The topological polar surface area (TPSA) is 139 Å². The molecule has 3 aromatic rings. The number of amides is 2. The highest BCUT2D eigenvalue weighted by molar-refractivity contribution is 5.93. The van der Waals surface area contributed by atoms with Crippen LogP contribution in [0.1, 0.15) is 38.6 Å². The number of hydrogen-bond donors (Lipinski definition) is 2. The molecule has 0 bridgehead atoms. The van der Waals surface area contributed by atoms with Crippen molar-refractivity contribution < 1.29 is 28.2 Å². The predicted molar refractivity (Wildman–Crippen MR) is 142 cm³/mol. The van der Waals surface area contributed by atoms with Crippen molar-refractivity contribution in [3.8, 4) is 11.6 Å². The second-order valence-electron chi connectivity index (χ2n) is 10.9. The fourth-order valence-corrected chi connectivity index (χ4v) is 5.37. The largest absolute Gasteiger partial charge is 0.434 e. The van der Waals surface area contributed by atoms with Gasteiger partial charge in [0.15, 0.2) is 17.4 Å². The second-order valence-corrected chi connectivity index (χ2v) is 10.9. The number of halogens is 2. The van der Waals surface area contributed by atoms with E-state index < -0.39 is 23.2 Å². The van der Waals surface area contributed by atoms with Gasteiger partial charge in [0.25, 0.3) is 0 Å². The minimum Gasteiger partial charge on any atom is -0.434 e. The van der Waals surface area contributed by atoms with Crippen molar-refractivity contribution in [3.63, 3.8) is 0 Å². The normalized spacial score (nSPS) is 19.4. The minimum absolute atomic E-state index is 0.0182. The number of fused-ring (bicyclic) bond motifs is 1. The molecule has 218 valence electrons. The van der Waals surface area contributed by atoms with Crippen LogP contribution in [0, 0.1) is 17.6 Å². The predicted octanol–water partition coefficient (Wildman–Crippen LogP) is 2.14. The van der Waals surface area contributed by atoms with Gasteiger partial charge in [-0.05, 0) is 39.3 Å². The lowest BCUT2D eigenvalue weighted by molar-refractivity contribution is -0.147. The van der Waals surface area contributed by atoms with E-state index in [1.807, 2.05) is 23.6 Å². The van der Waals surface area contributed by atoms with Crippen molar-refractivity contribution in [3.05, 3.63) is 53.6 Å². The number of aliphatic hydroxyl groups excluding tert-OH is 1. The number of hydrogen-bond acceptors (Lipinski definition) is 9. The molecule has 14 heteroatoms. The molecule has 0 aliphatic carbocycles. The van der Waals surface area contributed by atoms with E-state index in [1.54, 1.807) is 11.6 Å². The maximum atomic E-state index is 13.8. The number of aryl methyl sites for hydroxylation is 1. The Balaban J connectivity index is 1.16. The molecule has 4 heterocycles. The molecule has 2 aromatic heterocycles. The number of aromatic nitrogens is 5. The lowest BCUT2D eigenvalue weighted by atomic mass is 9.89. The van der Waals surface area contributed by atoms with Crippen LogP contribution >= 0.6 is 0 Å². The Morgan fingerprint density at radius 1 is 1.20 bits per heavy atom. The van der Waals surface area contributed by atoms with E-state index in [0.29, 0.717) is 50.8 Å². The summed E-state index contributed by atoms with van der Waals surface area (Å²) in [7, 11) is 0. The Morgan fingerprint density at radius 2 is 2.00 bits per heavy atom. The Hall–Kier alpha value is -4.04. The summed E-state index contributed by atoms with van der Waals surface area (Å²) < 4.78 is 34.0. The summed E-state index contributed by atoms with van der Waals surface area (Å²) in [6.45, 7) is 7.61. The molecule has 2 amide bonds. The van der Waals surface area contributed by atoms with Crippen molar-refractivity contribution in [2.45, 2.75) is 58.3 Å². The number of anilines is 1. The molecule has 1 aromatic carbocycles. The van der Waals surface area contributed by atoms with Crippen LogP contribution in [0.25, 0.3) is 0 Å². The van der Waals surface area contributed by atoms with Crippen LogP contribution in [0.3, 0.4) is 0 Å². The van der Waals surface area contributed by atoms with Crippen molar-refractivity contribution in [2.75, 3.05) is 25.0 Å². The first-order valence-corrected chi connectivity index (χ1v) is 13.4. The van der Waals surface area contributed by atoms with E-state index in [1.165, 1.54) is 12.4 Å². The minimum atomic E-state index is -0.873. The Labute approximate surface area is 235 Å². The van der Waals surface area contributed by atoms with Crippen molar-refractivity contribution in [1.82, 2.24) is 34.8 Å². The summed E-state index contributed by atoms with van der Waals surface area (Å²) in [4.78, 5) is 38.7. The van der Waals surface area contributed by atoms with Crippen LogP contribution in [0.15, 0.2) is 30.6 Å². The number of carbonyl (C=O) groups is 2. The number of nitrogens with one attached hydrogen (secondary N) is 1. The van der Waals surface area contributed by atoms with Gasteiger partial charge in [-0.15, -0.1) is 5.10 Å². The van der Waals surface area contributed by atoms with E-state index in [9.17, 15) is 23.5 Å². The molecular formula is C27H32F2N8O4. The van der Waals surface area contributed by atoms with Gasteiger partial charge in [-0.1, -0.05) is 5.21 Å². The molecule has 0 radical (unpaired) electrons. The summed E-state index contributed by atoms with van der Waals surface area (Å²) in [6, 6.07) is 2.40. The van der Waals surface area contributed by atoms with Crippen LogP contribution < -0.4 is 10.1 Å². The van der Waals surface area contributed by atoms with Gasteiger partial charge in [0.05, 0.1) is 36.3 Å². The second kappa shape index (κ2) is 11.4. The fourth-order valence-electron chi connectivity index (χ4n) is 5.37. The van der Waals surface area contributed by atoms with Crippen molar-refractivity contribution in [2.24, 2.45) is 5.92 Å². The van der Waals surface area contributed by atoms with Gasteiger partial charge in [0.2, 0.25) is 17.7 Å². The summed E-state index contributed by atoms with van der Waals surface area (Å²) in [5.74, 6) is -2.08. The van der Waals surface area contributed by atoms with Crippen molar-refractivity contribution >= 4 is 17.6 Å². The van der Waals surface area contributed by atoms with Crippen LogP contribution in [0.2, 0.25) is 0 Å². The van der Waals surface area contributed by atoms with Crippen LogP contribution in [0.4, 0.5) is 14.6 Å². The van der Waals surface area contributed by atoms with E-state index in [0.717, 1.165) is 17.8 Å². The lowest BCUT2D eigenvalue weighted by Crippen LogP contribution is -2.64. The molecule has 2 atom stereocenters. The summed E-state index contributed by atoms with van der Waals surface area (Å²) in [5.41, 5.74) is 0.804. The zero-order valence-corrected chi connectivity index (χ0v) is 23.0. The van der Waals surface area contributed by atoms with E-state index in [-0.39, 0.29) is 41.8 Å². The Bertz CT molecular complexity index is 1420. The standard InChI is InChI=1S/C27H32F2N8O4/c1-16(25(39)32-23-12-31-24(13-30-23)41-22-5-4-18(28)11-19(22)29)35-8-9-36(27(2,3)15-35)26(40)17-6-7-37-21(10-17)20(14-38)33-34-37/h4-5,11-13,16-17,38H,6-10,14-15H2,1-3H3,(H,30,32,39)/t16-,17-/m0/s1. The molecule has 0 saturated carbocycles. The third-order valence-electron chi connectivity index (χ3n) is 7.66. The van der Waals surface area contributed by atoms with Crippen molar-refractivity contribution in [1.29, 1.82) is 0 Å². The van der Waals surface area contributed by atoms with E-state index >= 15 is 0 Å². The molecular weight excluding hydrogens is 538 g/mol. The molecule has 1 saturated heterocycles. The Kier molecular flexibility index (Phi) is 7.95. The molecule has 0 spiro atoms. The molecule has 2 aliphatic heterocycles. The van der Waals surface area contributed by atoms with Gasteiger partial charge in [0, 0.05) is 44.6 Å². The fraction of sp³-hybridized carbons (Fsp3) is 0.481. The number of nitrogens with zero attached hydrogens (tertiary/aromatic N) is 7. The summed E-state index contributed by atoms with van der Waals surface area (Å²) >= 11 is 0. The first kappa shape index (κ1) is 28.5. The Morgan fingerprint density at radius 3 is 2.68 bits per heavy atom. The number of piperazine rings is 1. The first-order valence-electron chi connectivity index (χ1n) is 13.4. The van der Waals surface area contributed by atoms with E-state index in [4.69, 9.17) is 4.74 Å². The zero-order valence-electron chi connectivity index (χ0n) is 23.0. The van der Waals surface area contributed by atoms with Crippen LogP contribution in [-0.2, 0) is 29.2 Å². The molecule has 2 aliphatic rings.